The molecular weight excluding hydrogens is 719 g/mol. The van der Waals surface area contributed by atoms with Gasteiger partial charge in [0, 0.05) is 69.5 Å². The number of hydrogen-bond acceptors (Lipinski definition) is 6. The van der Waals surface area contributed by atoms with Crippen molar-refractivity contribution >= 4 is 75.4 Å². The van der Waals surface area contributed by atoms with Gasteiger partial charge in [-0.1, -0.05) is 140 Å². The summed E-state index contributed by atoms with van der Waals surface area (Å²) in [5, 5.41) is 6.79. The molecule has 12 aromatic rings. The van der Waals surface area contributed by atoms with Crippen LogP contribution in [0.25, 0.3) is 120 Å². The third kappa shape index (κ3) is 5.04. The quantitative estimate of drug-likeness (QED) is 0.175. The first-order chi connectivity index (χ1) is 28.2. The lowest BCUT2D eigenvalue weighted by atomic mass is 9.92. The summed E-state index contributed by atoms with van der Waals surface area (Å²) in [5.41, 5.74) is 10.5. The molecule has 0 saturated carbocycles. The minimum Gasteiger partial charge on any atom is -0.456 e. The maximum absolute atomic E-state index is 6.81. The average molecular weight is 748 g/mol. The second-order valence-electron chi connectivity index (χ2n) is 14.3. The zero-order valence-electron chi connectivity index (χ0n) is 30.3. The van der Waals surface area contributed by atoms with Gasteiger partial charge in [-0.3, -0.25) is 0 Å². The Hall–Kier alpha value is -7.41. The topological polar surface area (TPSA) is 65.0 Å². The molecule has 57 heavy (non-hydrogen) atoms. The second kappa shape index (κ2) is 12.6. The van der Waals surface area contributed by atoms with Gasteiger partial charge in [0.2, 0.25) is 0 Å². The van der Waals surface area contributed by atoms with E-state index in [1.807, 2.05) is 84.1 Å². The van der Waals surface area contributed by atoms with Crippen LogP contribution in [0.1, 0.15) is 0 Å². The summed E-state index contributed by atoms with van der Waals surface area (Å²) >= 11 is 1.84. The van der Waals surface area contributed by atoms with E-state index in [4.69, 9.17) is 23.8 Å². The van der Waals surface area contributed by atoms with E-state index in [1.165, 1.54) is 25.7 Å². The first-order valence-electron chi connectivity index (χ1n) is 18.9. The molecule has 12 rings (SSSR count). The minimum absolute atomic E-state index is 0.584. The molecule has 0 unspecified atom stereocenters. The molecule has 4 heterocycles. The van der Waals surface area contributed by atoms with Crippen LogP contribution < -0.4 is 0 Å². The van der Waals surface area contributed by atoms with Gasteiger partial charge in [0.25, 0.3) is 0 Å². The first-order valence-corrected chi connectivity index (χ1v) is 19.7. The number of para-hydroxylation sites is 1. The van der Waals surface area contributed by atoms with Crippen LogP contribution in [0, 0.1) is 0 Å². The Morgan fingerprint density at radius 2 is 0.930 bits per heavy atom. The number of furan rings is 2. The second-order valence-corrected chi connectivity index (χ2v) is 15.3. The van der Waals surface area contributed by atoms with Gasteiger partial charge < -0.3 is 8.83 Å². The Bertz CT molecular complexity index is 3470. The number of aromatic nitrogens is 3. The Morgan fingerprint density at radius 3 is 1.72 bits per heavy atom. The molecule has 0 fully saturated rings. The molecule has 0 aliphatic rings. The van der Waals surface area contributed by atoms with Crippen molar-refractivity contribution in [3.8, 4) is 56.4 Å². The minimum atomic E-state index is 0.584. The van der Waals surface area contributed by atoms with Crippen LogP contribution in [0.4, 0.5) is 0 Å². The first kappa shape index (κ1) is 31.9. The Morgan fingerprint density at radius 1 is 0.351 bits per heavy atom. The summed E-state index contributed by atoms with van der Waals surface area (Å²) in [7, 11) is 0. The van der Waals surface area contributed by atoms with Gasteiger partial charge in [0.05, 0.1) is 0 Å². The highest BCUT2D eigenvalue weighted by molar-refractivity contribution is 7.26. The van der Waals surface area contributed by atoms with E-state index in [2.05, 4.69) is 103 Å². The fourth-order valence-electron chi connectivity index (χ4n) is 8.35. The lowest BCUT2D eigenvalue weighted by Crippen LogP contribution is -2.00. The third-order valence-electron chi connectivity index (χ3n) is 11.0. The molecule has 4 aromatic heterocycles. The molecule has 0 atom stereocenters. The van der Waals surface area contributed by atoms with Crippen LogP contribution in [0.5, 0.6) is 0 Å². The van der Waals surface area contributed by atoms with Crippen molar-refractivity contribution in [3.05, 3.63) is 176 Å². The number of nitrogens with zero attached hydrogens (tertiary/aromatic N) is 3. The monoisotopic (exact) mass is 747 g/mol. The van der Waals surface area contributed by atoms with Crippen molar-refractivity contribution in [2.75, 3.05) is 0 Å². The Kier molecular flexibility index (Phi) is 7.03. The van der Waals surface area contributed by atoms with Gasteiger partial charge >= 0.3 is 0 Å². The predicted molar refractivity (Wildman–Crippen MR) is 234 cm³/mol. The highest BCUT2D eigenvalue weighted by Gasteiger charge is 2.22. The van der Waals surface area contributed by atoms with Crippen LogP contribution in [0.2, 0.25) is 0 Å². The van der Waals surface area contributed by atoms with Crippen LogP contribution in [-0.2, 0) is 0 Å². The Labute approximate surface area is 330 Å². The van der Waals surface area contributed by atoms with E-state index < -0.39 is 0 Å². The predicted octanol–water partition coefficient (Wildman–Crippen LogP) is 14.4. The molecule has 0 aliphatic heterocycles. The van der Waals surface area contributed by atoms with E-state index in [1.54, 1.807) is 0 Å². The number of benzene rings is 8. The average Bonchev–Trinajstić information content (AvgIpc) is 3.98. The third-order valence-corrected chi connectivity index (χ3v) is 12.2. The smallest absolute Gasteiger partial charge is 0.164 e. The highest BCUT2D eigenvalue weighted by Crippen LogP contribution is 2.48. The van der Waals surface area contributed by atoms with E-state index in [0.717, 1.165) is 77.3 Å². The fraction of sp³-hybridized carbons (Fsp3) is 0. The van der Waals surface area contributed by atoms with Gasteiger partial charge in [-0.05, 0) is 47.5 Å². The fourth-order valence-corrected chi connectivity index (χ4v) is 9.58. The van der Waals surface area contributed by atoms with Crippen LogP contribution in [-0.4, -0.2) is 15.0 Å². The van der Waals surface area contributed by atoms with Crippen LogP contribution >= 0.6 is 11.3 Å². The maximum atomic E-state index is 6.81. The van der Waals surface area contributed by atoms with E-state index in [9.17, 15) is 0 Å². The van der Waals surface area contributed by atoms with Crippen molar-refractivity contribution in [2.45, 2.75) is 0 Å². The molecule has 0 bridgehead atoms. The standard InChI is InChI=1S/C51H29N3O2S/c1-3-13-30(14-4-1)49-52-50(31-15-5-2-6-16-31)54-51(53-49)32-25-26-40-43(29-32)55-42-23-12-19-34(45(40)42)35-27-28-36(47-46(35)39-18-7-9-22-41(39)56-47)38-21-11-20-37-33-17-8-10-24-44(33)57-48(37)38/h1-29H. The van der Waals surface area contributed by atoms with E-state index in [0.29, 0.717) is 17.5 Å². The molecular formula is C51H29N3O2S. The summed E-state index contributed by atoms with van der Waals surface area (Å²) in [6.07, 6.45) is 0. The lowest BCUT2D eigenvalue weighted by Gasteiger charge is -2.10. The molecule has 5 nitrogen and oxygen atoms in total. The van der Waals surface area contributed by atoms with Crippen molar-refractivity contribution in [3.63, 3.8) is 0 Å². The lowest BCUT2D eigenvalue weighted by molar-refractivity contribution is 0.669. The van der Waals surface area contributed by atoms with Crippen molar-refractivity contribution < 1.29 is 8.83 Å². The molecule has 0 N–H and O–H groups in total. The number of hydrogen-bond donors (Lipinski definition) is 0. The number of fused-ring (bicyclic) bond motifs is 9. The number of rotatable bonds is 5. The van der Waals surface area contributed by atoms with Crippen molar-refractivity contribution in [1.29, 1.82) is 0 Å². The van der Waals surface area contributed by atoms with Crippen LogP contribution in [0.3, 0.4) is 0 Å². The highest BCUT2D eigenvalue weighted by atomic mass is 32.1. The van der Waals surface area contributed by atoms with E-state index >= 15 is 0 Å². The number of thiophene rings is 1. The normalized spacial score (nSPS) is 11.9. The molecule has 266 valence electrons. The van der Waals surface area contributed by atoms with Gasteiger partial charge in [-0.15, -0.1) is 11.3 Å². The van der Waals surface area contributed by atoms with Gasteiger partial charge in [0.15, 0.2) is 17.5 Å². The molecule has 0 saturated heterocycles. The summed E-state index contributed by atoms with van der Waals surface area (Å²) < 4.78 is 16.0. The molecule has 8 aromatic carbocycles. The zero-order chi connectivity index (χ0) is 37.5. The van der Waals surface area contributed by atoms with Gasteiger partial charge in [-0.25, -0.2) is 15.0 Å². The zero-order valence-corrected chi connectivity index (χ0v) is 31.1. The summed E-state index contributed by atoms with van der Waals surface area (Å²) in [6, 6.07) is 60.8. The molecule has 0 amide bonds. The van der Waals surface area contributed by atoms with E-state index in [-0.39, 0.29) is 0 Å². The molecule has 0 radical (unpaired) electrons. The molecule has 0 spiro atoms. The SMILES string of the molecule is c1ccc(-c2nc(-c3ccccc3)nc(-c3ccc4c(c3)oc3cccc(-c5ccc(-c6cccc7c6sc6ccccc67)c6oc7ccccc7c56)c34)n2)cc1. The van der Waals surface area contributed by atoms with Crippen LogP contribution in [0.15, 0.2) is 185 Å². The maximum Gasteiger partial charge on any atom is 0.164 e. The molecule has 6 heteroatoms. The molecule has 0 aliphatic carbocycles. The summed E-state index contributed by atoms with van der Waals surface area (Å²) in [4.78, 5) is 14.8. The Balaban J connectivity index is 1.05. The largest absolute Gasteiger partial charge is 0.456 e. The summed E-state index contributed by atoms with van der Waals surface area (Å²) in [5.74, 6) is 1.82. The van der Waals surface area contributed by atoms with Gasteiger partial charge in [0.1, 0.15) is 22.3 Å². The van der Waals surface area contributed by atoms with Crippen molar-refractivity contribution in [1.82, 2.24) is 15.0 Å². The van der Waals surface area contributed by atoms with Gasteiger partial charge in [-0.2, -0.15) is 0 Å². The summed E-state index contributed by atoms with van der Waals surface area (Å²) in [6.45, 7) is 0. The van der Waals surface area contributed by atoms with Crippen molar-refractivity contribution in [2.24, 2.45) is 0 Å².